The zero-order chi connectivity index (χ0) is 18.6. The number of carbonyl (C=O) groups is 1. The van der Waals surface area contributed by atoms with E-state index in [0.29, 0.717) is 17.1 Å². The minimum atomic E-state index is -0.174. The maximum atomic E-state index is 12.6. The average molecular weight is 361 g/mol. The first kappa shape index (κ1) is 16.9. The predicted molar refractivity (Wildman–Crippen MR) is 104 cm³/mol. The maximum absolute atomic E-state index is 12.6. The van der Waals surface area contributed by atoms with Crippen molar-refractivity contribution in [3.63, 3.8) is 0 Å². The molecule has 0 saturated carbocycles. The quantitative estimate of drug-likeness (QED) is 0.706. The molecule has 1 aliphatic heterocycles. The molecule has 6 nitrogen and oxygen atoms in total. The summed E-state index contributed by atoms with van der Waals surface area (Å²) in [6, 6.07) is 16.8. The van der Waals surface area contributed by atoms with E-state index < -0.39 is 0 Å². The molecule has 136 valence electrons. The summed E-state index contributed by atoms with van der Waals surface area (Å²) < 4.78 is 10.7. The number of hydrogen-bond donors (Lipinski definition) is 2. The number of hydrogen-bond acceptors (Lipinski definition) is 5. The third-order valence-corrected chi connectivity index (χ3v) is 4.31. The van der Waals surface area contributed by atoms with Crippen LogP contribution < -0.4 is 20.1 Å². The van der Waals surface area contributed by atoms with E-state index >= 15 is 0 Å². The summed E-state index contributed by atoms with van der Waals surface area (Å²) in [5, 5.41) is 6.16. The number of ether oxygens (including phenoxy) is 2. The van der Waals surface area contributed by atoms with Gasteiger partial charge in [-0.15, -0.1) is 0 Å². The first-order valence-corrected chi connectivity index (χ1v) is 8.75. The molecule has 1 amide bonds. The predicted octanol–water partition coefficient (Wildman–Crippen LogP) is 4.37. The third kappa shape index (κ3) is 3.69. The molecule has 0 fully saturated rings. The van der Waals surface area contributed by atoms with Crippen LogP contribution in [0.15, 0.2) is 60.8 Å². The molecule has 0 atom stereocenters. The van der Waals surface area contributed by atoms with E-state index in [9.17, 15) is 4.79 Å². The highest BCUT2D eigenvalue weighted by Gasteiger charge is 2.14. The second-order valence-corrected chi connectivity index (χ2v) is 6.09. The third-order valence-electron chi connectivity index (χ3n) is 4.31. The van der Waals surface area contributed by atoms with Crippen molar-refractivity contribution in [2.45, 2.75) is 13.3 Å². The maximum Gasteiger partial charge on any atom is 0.255 e. The number of amides is 1. The van der Waals surface area contributed by atoms with Crippen molar-refractivity contribution < 1.29 is 14.3 Å². The molecular formula is C21H19N3O3. The number of nitrogens with one attached hydrogen (secondary N) is 2. The lowest BCUT2D eigenvalue weighted by Gasteiger charge is -2.11. The number of nitrogens with zero attached hydrogens (tertiary/aromatic N) is 1. The number of para-hydroxylation sites is 1. The molecule has 1 aromatic heterocycles. The monoisotopic (exact) mass is 361 g/mol. The lowest BCUT2D eigenvalue weighted by atomic mass is 10.1. The molecule has 0 aliphatic carbocycles. The smallest absolute Gasteiger partial charge is 0.255 e. The summed E-state index contributed by atoms with van der Waals surface area (Å²) in [5.74, 6) is 1.80. The van der Waals surface area contributed by atoms with Crippen LogP contribution in [0.1, 0.15) is 22.8 Å². The van der Waals surface area contributed by atoms with Crippen LogP contribution in [0.25, 0.3) is 0 Å². The summed E-state index contributed by atoms with van der Waals surface area (Å²) in [4.78, 5) is 16.9. The first-order valence-electron chi connectivity index (χ1n) is 8.75. The Bertz CT molecular complexity index is 988. The van der Waals surface area contributed by atoms with Crippen molar-refractivity contribution in [2.75, 3.05) is 17.4 Å². The van der Waals surface area contributed by atoms with Crippen LogP contribution in [0.3, 0.4) is 0 Å². The molecule has 1 aliphatic rings. The zero-order valence-electron chi connectivity index (χ0n) is 14.9. The van der Waals surface area contributed by atoms with E-state index in [1.54, 1.807) is 18.3 Å². The van der Waals surface area contributed by atoms with Gasteiger partial charge in [-0.1, -0.05) is 25.1 Å². The Kier molecular flexibility index (Phi) is 4.61. The van der Waals surface area contributed by atoms with Gasteiger partial charge in [0, 0.05) is 29.2 Å². The van der Waals surface area contributed by atoms with Gasteiger partial charge in [0.15, 0.2) is 11.5 Å². The van der Waals surface area contributed by atoms with Crippen molar-refractivity contribution in [3.8, 4) is 11.5 Å². The van der Waals surface area contributed by atoms with E-state index in [1.165, 1.54) is 0 Å². The molecular weight excluding hydrogens is 342 g/mol. The van der Waals surface area contributed by atoms with Crippen LogP contribution in [0.5, 0.6) is 11.5 Å². The van der Waals surface area contributed by atoms with Gasteiger partial charge in [-0.3, -0.25) is 4.79 Å². The molecule has 4 rings (SSSR count). The topological polar surface area (TPSA) is 72.5 Å². The van der Waals surface area contributed by atoms with Gasteiger partial charge in [-0.05, 0) is 42.3 Å². The number of anilines is 3. The van der Waals surface area contributed by atoms with Crippen molar-refractivity contribution in [2.24, 2.45) is 0 Å². The number of rotatable bonds is 5. The highest BCUT2D eigenvalue weighted by molar-refractivity contribution is 6.05. The number of carbonyl (C=O) groups excluding carboxylic acids is 1. The molecule has 0 bridgehead atoms. The highest BCUT2D eigenvalue weighted by Crippen LogP contribution is 2.34. The van der Waals surface area contributed by atoms with Gasteiger partial charge in [0.1, 0.15) is 5.82 Å². The molecule has 2 N–H and O–H groups in total. The minimum absolute atomic E-state index is 0.174. The number of aromatic nitrogens is 1. The average Bonchev–Trinajstić information content (AvgIpc) is 3.16. The highest BCUT2D eigenvalue weighted by atomic mass is 16.7. The molecule has 0 unspecified atom stereocenters. The zero-order valence-corrected chi connectivity index (χ0v) is 14.9. The molecule has 0 saturated heterocycles. The van der Waals surface area contributed by atoms with Crippen molar-refractivity contribution in [1.29, 1.82) is 0 Å². The second-order valence-electron chi connectivity index (χ2n) is 6.09. The summed E-state index contributed by atoms with van der Waals surface area (Å²) in [5.41, 5.74) is 3.26. The summed E-state index contributed by atoms with van der Waals surface area (Å²) in [7, 11) is 0. The Hall–Kier alpha value is -3.54. The number of fused-ring (bicyclic) bond motifs is 1. The van der Waals surface area contributed by atoms with E-state index in [-0.39, 0.29) is 12.7 Å². The largest absolute Gasteiger partial charge is 0.454 e. The van der Waals surface area contributed by atoms with E-state index in [4.69, 9.17) is 9.47 Å². The van der Waals surface area contributed by atoms with Gasteiger partial charge in [-0.25, -0.2) is 4.98 Å². The molecule has 0 radical (unpaired) electrons. The van der Waals surface area contributed by atoms with Crippen LogP contribution in [0, 0.1) is 0 Å². The molecule has 27 heavy (non-hydrogen) atoms. The van der Waals surface area contributed by atoms with Gasteiger partial charge >= 0.3 is 0 Å². The van der Waals surface area contributed by atoms with Crippen LogP contribution in [-0.2, 0) is 6.42 Å². The Balaban J connectivity index is 1.51. The normalized spacial score (nSPS) is 11.9. The fourth-order valence-corrected chi connectivity index (χ4v) is 2.91. The summed E-state index contributed by atoms with van der Waals surface area (Å²) in [6.07, 6.45) is 2.46. The Morgan fingerprint density at radius 2 is 1.93 bits per heavy atom. The molecule has 2 heterocycles. The van der Waals surface area contributed by atoms with Gasteiger partial charge in [0.05, 0.1) is 0 Å². The van der Waals surface area contributed by atoms with Gasteiger partial charge in [0.25, 0.3) is 5.91 Å². The van der Waals surface area contributed by atoms with E-state index in [1.807, 2.05) is 42.5 Å². The first-order chi connectivity index (χ1) is 13.2. The van der Waals surface area contributed by atoms with Crippen LogP contribution in [-0.4, -0.2) is 17.7 Å². The van der Waals surface area contributed by atoms with Crippen LogP contribution >= 0.6 is 0 Å². The molecule has 0 spiro atoms. The van der Waals surface area contributed by atoms with Gasteiger partial charge in [-0.2, -0.15) is 0 Å². The minimum Gasteiger partial charge on any atom is -0.454 e. The fourth-order valence-electron chi connectivity index (χ4n) is 2.91. The molecule has 3 aromatic rings. The van der Waals surface area contributed by atoms with Crippen LogP contribution in [0.2, 0.25) is 0 Å². The Morgan fingerprint density at radius 1 is 1.07 bits per heavy atom. The number of pyridine rings is 1. The number of aryl methyl sites for hydroxylation is 1. The van der Waals surface area contributed by atoms with Crippen molar-refractivity contribution >= 4 is 23.1 Å². The van der Waals surface area contributed by atoms with Gasteiger partial charge < -0.3 is 20.1 Å². The summed E-state index contributed by atoms with van der Waals surface area (Å²) >= 11 is 0. The van der Waals surface area contributed by atoms with Crippen molar-refractivity contribution in [3.05, 3.63) is 71.9 Å². The van der Waals surface area contributed by atoms with Gasteiger partial charge in [0.2, 0.25) is 6.79 Å². The Morgan fingerprint density at radius 3 is 2.81 bits per heavy atom. The molecule has 6 heteroatoms. The Labute approximate surface area is 157 Å². The SMILES string of the molecule is CCc1ccccc1NC(=O)c1ccnc(Nc2ccc3c(c2)OCO3)c1. The van der Waals surface area contributed by atoms with Crippen molar-refractivity contribution in [1.82, 2.24) is 4.98 Å². The number of benzene rings is 2. The lowest BCUT2D eigenvalue weighted by Crippen LogP contribution is -2.13. The van der Waals surface area contributed by atoms with E-state index in [2.05, 4.69) is 22.5 Å². The fraction of sp³-hybridized carbons (Fsp3) is 0.143. The lowest BCUT2D eigenvalue weighted by molar-refractivity contribution is 0.102. The standard InChI is InChI=1S/C21H19N3O3/c1-2-14-5-3-4-6-17(14)24-21(25)15-9-10-22-20(11-15)23-16-7-8-18-19(12-16)27-13-26-18/h3-12H,2,13H2,1H3,(H,22,23)(H,24,25). The molecule has 2 aromatic carbocycles. The second kappa shape index (κ2) is 7.37. The summed E-state index contributed by atoms with van der Waals surface area (Å²) in [6.45, 7) is 2.29. The van der Waals surface area contributed by atoms with E-state index in [0.717, 1.165) is 29.1 Å². The van der Waals surface area contributed by atoms with Crippen LogP contribution in [0.4, 0.5) is 17.2 Å².